The first-order valence-corrected chi connectivity index (χ1v) is 4.15. The maximum absolute atomic E-state index is 12.8. The molecule has 0 aliphatic rings. The van der Waals surface area contributed by atoms with E-state index in [-0.39, 0.29) is 5.57 Å². The van der Waals surface area contributed by atoms with E-state index in [1.54, 1.807) is 0 Å². The predicted molar refractivity (Wildman–Crippen MR) is 52.9 cm³/mol. The van der Waals surface area contributed by atoms with Crippen LogP contribution in [0.4, 0.5) is 8.78 Å². The van der Waals surface area contributed by atoms with Crippen molar-refractivity contribution in [3.05, 3.63) is 35.5 Å². The van der Waals surface area contributed by atoms with Gasteiger partial charge < -0.3 is 0 Å². The van der Waals surface area contributed by atoms with Gasteiger partial charge in [-0.15, -0.1) is 0 Å². The van der Waals surface area contributed by atoms with E-state index in [2.05, 4.69) is 6.58 Å². The maximum atomic E-state index is 12.8. The second-order valence-corrected chi connectivity index (χ2v) is 3.38. The minimum absolute atomic E-state index is 0.0359. The number of allylic oxidation sites excluding steroid dienone is 5. The molecular weight excluding hydrogens is 170 g/mol. The molecule has 0 aliphatic heterocycles. The molecule has 0 nitrogen and oxygen atoms in total. The van der Waals surface area contributed by atoms with Crippen LogP contribution in [-0.2, 0) is 0 Å². The average molecular weight is 186 g/mol. The molecule has 0 unspecified atom stereocenters. The van der Waals surface area contributed by atoms with E-state index >= 15 is 0 Å². The van der Waals surface area contributed by atoms with Gasteiger partial charge in [0.25, 0.3) is 5.92 Å². The molecule has 0 radical (unpaired) electrons. The highest BCUT2D eigenvalue weighted by Gasteiger charge is 2.24. The van der Waals surface area contributed by atoms with E-state index in [1.165, 1.54) is 12.2 Å². The Labute approximate surface area is 78.7 Å². The second-order valence-electron chi connectivity index (χ2n) is 3.38. The number of hydrogen-bond acceptors (Lipinski definition) is 0. The van der Waals surface area contributed by atoms with Gasteiger partial charge in [-0.2, -0.15) is 0 Å². The zero-order chi connectivity index (χ0) is 10.6. The Morgan fingerprint density at radius 2 is 1.69 bits per heavy atom. The van der Waals surface area contributed by atoms with Crippen molar-refractivity contribution in [3.8, 4) is 0 Å². The van der Waals surface area contributed by atoms with Crippen LogP contribution in [0.5, 0.6) is 0 Å². The van der Waals surface area contributed by atoms with Crippen molar-refractivity contribution in [2.24, 2.45) is 0 Å². The predicted octanol–water partition coefficient (Wildman–Crippen LogP) is 4.11. The number of rotatable bonds is 3. The second kappa shape index (κ2) is 4.35. The maximum Gasteiger partial charge on any atom is 0.270 e. The molecule has 2 heteroatoms. The molecule has 0 saturated carbocycles. The summed E-state index contributed by atoms with van der Waals surface area (Å²) in [5.41, 5.74) is 1.85. The van der Waals surface area contributed by atoms with Crippen molar-refractivity contribution >= 4 is 0 Å². The average Bonchev–Trinajstić information content (AvgIpc) is 1.96. The van der Waals surface area contributed by atoms with Crippen LogP contribution >= 0.6 is 0 Å². The quantitative estimate of drug-likeness (QED) is 0.582. The molecule has 0 N–H and O–H groups in total. The summed E-state index contributed by atoms with van der Waals surface area (Å²) < 4.78 is 25.7. The summed E-state index contributed by atoms with van der Waals surface area (Å²) in [4.78, 5) is 0. The van der Waals surface area contributed by atoms with Gasteiger partial charge in [-0.05, 0) is 20.8 Å². The van der Waals surface area contributed by atoms with Gasteiger partial charge >= 0.3 is 0 Å². The molecule has 74 valence electrons. The van der Waals surface area contributed by atoms with Crippen molar-refractivity contribution in [1.82, 2.24) is 0 Å². The Morgan fingerprint density at radius 1 is 1.23 bits per heavy atom. The monoisotopic (exact) mass is 186 g/mol. The van der Waals surface area contributed by atoms with Gasteiger partial charge in [0.05, 0.1) is 0 Å². The van der Waals surface area contributed by atoms with E-state index < -0.39 is 5.92 Å². The summed E-state index contributed by atoms with van der Waals surface area (Å²) in [5, 5.41) is 0. The van der Waals surface area contributed by atoms with Crippen molar-refractivity contribution in [1.29, 1.82) is 0 Å². The molecule has 13 heavy (non-hydrogen) atoms. The summed E-state index contributed by atoms with van der Waals surface area (Å²) in [5.74, 6) is -2.81. The highest BCUT2D eigenvalue weighted by Crippen LogP contribution is 2.25. The van der Waals surface area contributed by atoms with Crippen molar-refractivity contribution in [2.45, 2.75) is 33.6 Å². The van der Waals surface area contributed by atoms with Gasteiger partial charge in [0, 0.05) is 12.5 Å². The Bertz CT molecular complexity index is 248. The summed E-state index contributed by atoms with van der Waals surface area (Å²) in [6, 6.07) is 0. The van der Waals surface area contributed by atoms with E-state index in [9.17, 15) is 8.78 Å². The molecule has 0 saturated heterocycles. The Morgan fingerprint density at radius 3 is 1.92 bits per heavy atom. The molecule has 0 bridgehead atoms. The lowest BCUT2D eigenvalue weighted by Gasteiger charge is -2.11. The first-order valence-electron chi connectivity index (χ1n) is 4.15. The normalized spacial score (nSPS) is 12.6. The highest BCUT2D eigenvalue weighted by atomic mass is 19.3. The molecule has 0 aromatic rings. The number of hydrogen-bond donors (Lipinski definition) is 0. The first-order chi connectivity index (χ1) is 5.79. The SMILES string of the molecule is C=C/C(=C\C(C)=C(C)C)C(C)(F)F. The van der Waals surface area contributed by atoms with Gasteiger partial charge in [0.1, 0.15) is 0 Å². The van der Waals surface area contributed by atoms with E-state index in [4.69, 9.17) is 0 Å². The third kappa shape index (κ3) is 4.02. The Hall–Kier alpha value is -0.920. The molecule has 0 atom stereocenters. The summed E-state index contributed by atoms with van der Waals surface area (Å²) in [6.45, 7) is 9.83. The zero-order valence-corrected chi connectivity index (χ0v) is 8.62. The fraction of sp³-hybridized carbons (Fsp3) is 0.455. The van der Waals surface area contributed by atoms with E-state index in [0.29, 0.717) is 0 Å². The Kier molecular flexibility index (Phi) is 4.05. The largest absolute Gasteiger partial charge is 0.270 e. The third-order valence-corrected chi connectivity index (χ3v) is 1.89. The van der Waals surface area contributed by atoms with Crippen molar-refractivity contribution in [3.63, 3.8) is 0 Å². The lowest BCUT2D eigenvalue weighted by molar-refractivity contribution is 0.0675. The molecule has 0 heterocycles. The molecule has 0 fully saturated rings. The number of halogens is 2. The van der Waals surface area contributed by atoms with Crippen LogP contribution in [0.3, 0.4) is 0 Å². The molecular formula is C11H16F2. The minimum Gasteiger partial charge on any atom is -0.202 e. The third-order valence-electron chi connectivity index (χ3n) is 1.89. The van der Waals surface area contributed by atoms with Crippen LogP contribution in [0.25, 0.3) is 0 Å². The van der Waals surface area contributed by atoms with E-state index in [1.807, 2.05) is 20.8 Å². The van der Waals surface area contributed by atoms with Gasteiger partial charge in [-0.3, -0.25) is 0 Å². The topological polar surface area (TPSA) is 0 Å². The molecule has 0 aliphatic carbocycles. The summed E-state index contributed by atoms with van der Waals surface area (Å²) in [6.07, 6.45) is 2.68. The molecule has 0 rings (SSSR count). The van der Waals surface area contributed by atoms with Gasteiger partial charge in [0.15, 0.2) is 0 Å². The molecule has 0 aromatic heterocycles. The minimum atomic E-state index is -2.81. The smallest absolute Gasteiger partial charge is 0.202 e. The van der Waals surface area contributed by atoms with Crippen LogP contribution in [0.15, 0.2) is 35.5 Å². The molecule has 0 aromatic carbocycles. The summed E-state index contributed by atoms with van der Waals surface area (Å²) in [7, 11) is 0. The van der Waals surface area contributed by atoms with Crippen LogP contribution in [0, 0.1) is 0 Å². The lowest BCUT2D eigenvalue weighted by atomic mass is 10.0. The lowest BCUT2D eigenvalue weighted by Crippen LogP contribution is -2.12. The number of alkyl halides is 2. The van der Waals surface area contributed by atoms with Crippen molar-refractivity contribution < 1.29 is 8.78 Å². The van der Waals surface area contributed by atoms with E-state index in [0.717, 1.165) is 18.1 Å². The highest BCUT2D eigenvalue weighted by molar-refractivity contribution is 5.34. The molecule has 0 spiro atoms. The standard InChI is InChI=1S/C11H16F2/c1-6-10(11(5,12)13)7-9(4)8(2)3/h6-7H,1H2,2-5H3/b10-7+. The fourth-order valence-corrected chi connectivity index (χ4v) is 0.742. The van der Waals surface area contributed by atoms with Crippen LogP contribution in [-0.4, -0.2) is 5.92 Å². The van der Waals surface area contributed by atoms with Gasteiger partial charge in [-0.1, -0.05) is 29.9 Å². The Balaban J connectivity index is 5.01. The molecule has 0 amide bonds. The van der Waals surface area contributed by atoms with Crippen LogP contribution < -0.4 is 0 Å². The van der Waals surface area contributed by atoms with Crippen LogP contribution in [0.1, 0.15) is 27.7 Å². The fourth-order valence-electron chi connectivity index (χ4n) is 0.742. The van der Waals surface area contributed by atoms with Gasteiger partial charge in [-0.25, -0.2) is 8.78 Å². The zero-order valence-electron chi connectivity index (χ0n) is 8.62. The first kappa shape index (κ1) is 12.1. The van der Waals surface area contributed by atoms with Crippen molar-refractivity contribution in [2.75, 3.05) is 0 Å². The van der Waals surface area contributed by atoms with Gasteiger partial charge in [0.2, 0.25) is 0 Å². The summed E-state index contributed by atoms with van der Waals surface area (Å²) >= 11 is 0. The van der Waals surface area contributed by atoms with Crippen LogP contribution in [0.2, 0.25) is 0 Å².